The number of alkyl halides is 3. The van der Waals surface area contributed by atoms with Gasteiger partial charge in [0.1, 0.15) is 11.4 Å². The third-order valence-electron chi connectivity index (χ3n) is 6.33. The molecule has 0 spiro atoms. The summed E-state index contributed by atoms with van der Waals surface area (Å²) in [6.07, 6.45) is -2.25. The topological polar surface area (TPSA) is 55.6 Å². The van der Waals surface area contributed by atoms with Gasteiger partial charge >= 0.3 is 6.18 Å². The van der Waals surface area contributed by atoms with Crippen LogP contribution in [0.4, 0.5) is 18.9 Å². The molecule has 0 aliphatic heterocycles. The maximum absolute atomic E-state index is 13.1. The molecular formula is C30H23ClF3N3O2. The Morgan fingerprint density at radius 3 is 2.44 bits per heavy atom. The van der Waals surface area contributed by atoms with Crippen molar-refractivity contribution in [3.8, 4) is 28.1 Å². The molecule has 3 aromatic carbocycles. The molecule has 0 atom stereocenters. The highest BCUT2D eigenvalue weighted by Gasteiger charge is 2.30. The minimum absolute atomic E-state index is 0.0313. The normalized spacial score (nSPS) is 11.5. The maximum atomic E-state index is 13.1. The number of anilines is 1. The van der Waals surface area contributed by atoms with Gasteiger partial charge in [0.2, 0.25) is 5.91 Å². The lowest BCUT2D eigenvalue weighted by Crippen LogP contribution is -2.14. The van der Waals surface area contributed by atoms with E-state index in [0.29, 0.717) is 28.5 Å². The number of benzene rings is 3. The largest absolute Gasteiger partial charge is 0.497 e. The van der Waals surface area contributed by atoms with Gasteiger partial charge in [0, 0.05) is 34.5 Å². The molecule has 1 amide bonds. The Bertz CT molecular complexity index is 1650. The summed E-state index contributed by atoms with van der Waals surface area (Å²) >= 11 is 6.44. The molecule has 198 valence electrons. The zero-order valence-electron chi connectivity index (χ0n) is 20.8. The molecule has 0 aliphatic rings. The second-order valence-electron chi connectivity index (χ2n) is 8.89. The van der Waals surface area contributed by atoms with Crippen LogP contribution in [-0.2, 0) is 17.4 Å². The first-order valence-electron chi connectivity index (χ1n) is 12.1. The Morgan fingerprint density at radius 1 is 0.974 bits per heavy atom. The molecule has 5 nitrogen and oxygen atoms in total. The third-order valence-corrected chi connectivity index (χ3v) is 6.66. The van der Waals surface area contributed by atoms with Gasteiger partial charge in [0.25, 0.3) is 0 Å². The van der Waals surface area contributed by atoms with E-state index in [1.54, 1.807) is 7.11 Å². The fourth-order valence-electron chi connectivity index (χ4n) is 4.40. The molecule has 9 heteroatoms. The second kappa shape index (κ2) is 10.8. The van der Waals surface area contributed by atoms with Gasteiger partial charge in [-0.25, -0.2) is 4.98 Å². The summed E-state index contributed by atoms with van der Waals surface area (Å²) in [6, 6.07) is 23.4. The van der Waals surface area contributed by atoms with Gasteiger partial charge in [-0.3, -0.25) is 4.79 Å². The van der Waals surface area contributed by atoms with E-state index < -0.39 is 17.6 Å². The first-order valence-corrected chi connectivity index (χ1v) is 12.5. The van der Waals surface area contributed by atoms with Crippen LogP contribution in [0.3, 0.4) is 0 Å². The Morgan fingerprint density at radius 2 is 1.72 bits per heavy atom. The molecule has 5 aromatic rings. The molecule has 0 fully saturated rings. The smallest absolute Gasteiger partial charge is 0.416 e. The zero-order valence-corrected chi connectivity index (χ0v) is 21.6. The Labute approximate surface area is 227 Å². The number of hydrogen-bond acceptors (Lipinski definition) is 3. The van der Waals surface area contributed by atoms with Gasteiger partial charge in [-0.15, -0.1) is 0 Å². The van der Waals surface area contributed by atoms with Crippen molar-refractivity contribution in [3.63, 3.8) is 0 Å². The van der Waals surface area contributed by atoms with E-state index in [2.05, 4.69) is 5.32 Å². The summed E-state index contributed by atoms with van der Waals surface area (Å²) < 4.78 is 46.4. The number of pyridine rings is 1. The van der Waals surface area contributed by atoms with Crippen LogP contribution in [0.2, 0.25) is 5.02 Å². The summed E-state index contributed by atoms with van der Waals surface area (Å²) in [7, 11) is 1.59. The lowest BCUT2D eigenvalue weighted by Gasteiger charge is -2.11. The van der Waals surface area contributed by atoms with Crippen molar-refractivity contribution in [2.75, 3.05) is 12.4 Å². The van der Waals surface area contributed by atoms with Gasteiger partial charge in [-0.05, 0) is 72.6 Å². The van der Waals surface area contributed by atoms with Crippen LogP contribution >= 0.6 is 11.6 Å². The number of aromatic nitrogens is 2. The summed E-state index contributed by atoms with van der Waals surface area (Å²) in [4.78, 5) is 17.6. The molecule has 39 heavy (non-hydrogen) atoms. The van der Waals surface area contributed by atoms with Crippen molar-refractivity contribution in [2.45, 2.75) is 19.0 Å². The number of nitrogens with zero attached hydrogens (tertiary/aromatic N) is 2. The number of fused-ring (bicyclic) bond motifs is 1. The number of carbonyl (C=O) groups is 1. The number of carbonyl (C=O) groups excluding carboxylic acids is 1. The Balaban J connectivity index is 1.48. The van der Waals surface area contributed by atoms with E-state index >= 15 is 0 Å². The number of rotatable bonds is 7. The molecule has 0 unspecified atom stereocenters. The van der Waals surface area contributed by atoms with E-state index in [-0.39, 0.29) is 12.1 Å². The zero-order chi connectivity index (χ0) is 27.6. The molecule has 0 saturated carbocycles. The molecule has 0 radical (unpaired) electrons. The molecule has 5 rings (SSSR count). The molecule has 2 aromatic heterocycles. The molecule has 1 N–H and O–H groups in total. The number of aryl methyl sites for hydroxylation is 1. The first kappa shape index (κ1) is 26.3. The monoisotopic (exact) mass is 549 g/mol. The Hall–Kier alpha value is -4.30. The van der Waals surface area contributed by atoms with Crippen molar-refractivity contribution >= 4 is 28.8 Å². The first-order chi connectivity index (χ1) is 18.7. The minimum Gasteiger partial charge on any atom is -0.497 e. The molecule has 0 bridgehead atoms. The predicted octanol–water partition coefficient (Wildman–Crippen LogP) is 7.92. The second-order valence-corrected chi connectivity index (χ2v) is 9.30. The van der Waals surface area contributed by atoms with Crippen LogP contribution in [-0.4, -0.2) is 22.4 Å². The summed E-state index contributed by atoms with van der Waals surface area (Å²) in [5, 5.41) is 3.19. The van der Waals surface area contributed by atoms with Crippen molar-refractivity contribution in [1.29, 1.82) is 0 Å². The van der Waals surface area contributed by atoms with Crippen LogP contribution in [0, 0.1) is 0 Å². The minimum atomic E-state index is -4.50. The maximum Gasteiger partial charge on any atom is 0.416 e. The molecule has 0 saturated heterocycles. The average Bonchev–Trinajstić information content (AvgIpc) is 3.29. The van der Waals surface area contributed by atoms with Crippen LogP contribution in [0.5, 0.6) is 5.75 Å². The quantitative estimate of drug-likeness (QED) is 0.224. The fraction of sp³-hybridized carbons (Fsp3) is 0.133. The van der Waals surface area contributed by atoms with Gasteiger partial charge in [-0.1, -0.05) is 35.9 Å². The van der Waals surface area contributed by atoms with Crippen molar-refractivity contribution < 1.29 is 22.7 Å². The van der Waals surface area contributed by atoms with Crippen molar-refractivity contribution in [3.05, 3.63) is 107 Å². The highest BCUT2D eigenvalue weighted by Crippen LogP contribution is 2.33. The lowest BCUT2D eigenvalue weighted by atomic mass is 10.1. The fourth-order valence-corrected chi connectivity index (χ4v) is 4.64. The van der Waals surface area contributed by atoms with E-state index in [1.165, 1.54) is 12.1 Å². The molecular weight excluding hydrogens is 527 g/mol. The van der Waals surface area contributed by atoms with Crippen molar-refractivity contribution in [2.24, 2.45) is 0 Å². The van der Waals surface area contributed by atoms with Gasteiger partial charge in [-0.2, -0.15) is 13.2 Å². The number of methoxy groups -OCH3 is 1. The van der Waals surface area contributed by atoms with E-state index in [1.807, 2.05) is 71.3 Å². The van der Waals surface area contributed by atoms with E-state index in [0.717, 1.165) is 34.5 Å². The summed E-state index contributed by atoms with van der Waals surface area (Å²) in [5.74, 6) is 0.290. The third kappa shape index (κ3) is 5.76. The summed E-state index contributed by atoms with van der Waals surface area (Å²) in [5.41, 5.74) is 4.00. The number of halogens is 4. The number of nitrogens with one attached hydrogen (secondary N) is 1. The van der Waals surface area contributed by atoms with Crippen molar-refractivity contribution in [1.82, 2.24) is 9.38 Å². The lowest BCUT2D eigenvalue weighted by molar-refractivity contribution is -0.137. The van der Waals surface area contributed by atoms with Crippen LogP contribution in [0.15, 0.2) is 91.1 Å². The number of imidazole rings is 1. The molecule has 0 aliphatic carbocycles. The highest BCUT2D eigenvalue weighted by atomic mass is 35.5. The van der Waals surface area contributed by atoms with Crippen LogP contribution in [0.1, 0.15) is 17.7 Å². The summed E-state index contributed by atoms with van der Waals surface area (Å²) in [6.45, 7) is 0. The predicted molar refractivity (Wildman–Crippen MR) is 146 cm³/mol. The number of hydrogen-bond donors (Lipinski definition) is 1. The van der Waals surface area contributed by atoms with E-state index in [4.69, 9.17) is 21.3 Å². The van der Waals surface area contributed by atoms with Gasteiger partial charge < -0.3 is 14.5 Å². The van der Waals surface area contributed by atoms with Crippen LogP contribution < -0.4 is 10.1 Å². The average molecular weight is 550 g/mol. The Kier molecular flexibility index (Phi) is 7.30. The number of amides is 1. The SMILES string of the molecule is COc1ccc(-c2nc3ccc(-c4ccccc4Cl)cn3c2CCC(=O)Nc2cccc(C(F)(F)F)c2)cc1. The number of ether oxygens (including phenoxy) is 1. The highest BCUT2D eigenvalue weighted by molar-refractivity contribution is 6.33. The van der Waals surface area contributed by atoms with Crippen LogP contribution in [0.25, 0.3) is 28.0 Å². The standard InChI is InChI=1S/C30H23ClF3N3O2/c1-39-23-12-9-19(10-13-23)29-26(14-16-28(38)35-22-6-4-5-21(17-22)30(32,33)34)37-18-20(11-15-27(37)36-29)24-7-2-3-8-25(24)31/h2-13,15,17-18H,14,16H2,1H3,(H,35,38). The molecule has 2 heterocycles. The van der Waals surface area contributed by atoms with E-state index in [9.17, 15) is 18.0 Å². The van der Waals surface area contributed by atoms with Gasteiger partial charge in [0.05, 0.1) is 24.1 Å². The van der Waals surface area contributed by atoms with Gasteiger partial charge in [0.15, 0.2) is 0 Å².